The van der Waals surface area contributed by atoms with Gasteiger partial charge in [0.1, 0.15) is 0 Å². The molecule has 0 amide bonds. The number of fused-ring (bicyclic) bond motifs is 9. The first-order chi connectivity index (χ1) is 21.3. The molecular formula is C40H24N2O. The zero-order valence-electron chi connectivity index (χ0n) is 23.2. The van der Waals surface area contributed by atoms with Crippen LogP contribution >= 0.6 is 0 Å². The first-order valence-electron chi connectivity index (χ1n) is 14.7. The summed E-state index contributed by atoms with van der Waals surface area (Å²) in [5.41, 5.74) is 9.38. The third-order valence-corrected chi connectivity index (χ3v) is 9.08. The van der Waals surface area contributed by atoms with E-state index in [-0.39, 0.29) is 0 Å². The van der Waals surface area contributed by atoms with Crippen molar-refractivity contribution in [3.8, 4) is 34.0 Å². The number of benzene rings is 7. The molecule has 0 fully saturated rings. The van der Waals surface area contributed by atoms with Crippen molar-refractivity contribution in [1.29, 1.82) is 0 Å². The smallest absolute Gasteiger partial charge is 0.152 e. The van der Waals surface area contributed by atoms with Crippen molar-refractivity contribution in [3.63, 3.8) is 0 Å². The highest BCUT2D eigenvalue weighted by Crippen LogP contribution is 2.46. The minimum atomic E-state index is 0.883. The van der Waals surface area contributed by atoms with Gasteiger partial charge in [0.15, 0.2) is 11.5 Å². The molecule has 3 heteroatoms. The average Bonchev–Trinajstić information content (AvgIpc) is 3.57. The molecule has 0 radical (unpaired) electrons. The van der Waals surface area contributed by atoms with Gasteiger partial charge in [-0.3, -0.25) is 0 Å². The van der Waals surface area contributed by atoms with Gasteiger partial charge in [-0.25, -0.2) is 0 Å². The van der Waals surface area contributed by atoms with Gasteiger partial charge in [-0.05, 0) is 76.5 Å². The standard InChI is InChI=1S/C40H24N2O/c1-2-9-27-23-37-33(22-26(27)8-1)30-10-3-4-12-34(30)41(37)29-19-16-25(17-20-29)28-18-21-31-32-11-7-15-39-40(32)42(36(31)24-28)35-13-5-6-14-38(35)43-39/h1-24H. The molecule has 0 N–H and O–H groups in total. The molecule has 0 saturated heterocycles. The molecule has 3 heterocycles. The quantitative estimate of drug-likeness (QED) is 0.210. The summed E-state index contributed by atoms with van der Waals surface area (Å²) in [5.74, 6) is 1.78. The Balaban J connectivity index is 1.15. The molecule has 1 aliphatic heterocycles. The van der Waals surface area contributed by atoms with Gasteiger partial charge in [0, 0.05) is 27.2 Å². The Hall–Kier alpha value is -5.80. The highest BCUT2D eigenvalue weighted by Gasteiger charge is 2.23. The van der Waals surface area contributed by atoms with Gasteiger partial charge in [-0.15, -0.1) is 0 Å². The lowest BCUT2D eigenvalue weighted by Gasteiger charge is -2.20. The van der Waals surface area contributed by atoms with E-state index in [1.54, 1.807) is 0 Å². The van der Waals surface area contributed by atoms with Crippen molar-refractivity contribution in [2.75, 3.05) is 0 Å². The molecule has 10 rings (SSSR count). The Bertz CT molecular complexity index is 2580. The van der Waals surface area contributed by atoms with E-state index in [0.717, 1.165) is 28.4 Å². The van der Waals surface area contributed by atoms with E-state index >= 15 is 0 Å². The summed E-state index contributed by atoms with van der Waals surface area (Å²) in [5, 5.41) is 7.51. The van der Waals surface area contributed by atoms with Crippen molar-refractivity contribution in [3.05, 3.63) is 146 Å². The lowest BCUT2D eigenvalue weighted by atomic mass is 10.0. The van der Waals surface area contributed by atoms with E-state index in [1.807, 2.05) is 12.1 Å². The third-order valence-electron chi connectivity index (χ3n) is 9.08. The summed E-state index contributed by atoms with van der Waals surface area (Å²) in [6.45, 7) is 0. The summed E-state index contributed by atoms with van der Waals surface area (Å²) in [6.07, 6.45) is 0. The van der Waals surface area contributed by atoms with E-state index in [9.17, 15) is 0 Å². The molecule has 0 saturated carbocycles. The zero-order chi connectivity index (χ0) is 28.1. The van der Waals surface area contributed by atoms with Crippen LogP contribution in [0.5, 0.6) is 11.5 Å². The summed E-state index contributed by atoms with van der Waals surface area (Å²) >= 11 is 0. The number of para-hydroxylation sites is 4. The molecule has 1 aliphatic rings. The second-order valence-corrected chi connectivity index (χ2v) is 11.4. The van der Waals surface area contributed by atoms with E-state index in [1.165, 1.54) is 60.0 Å². The molecule has 0 atom stereocenters. The Morgan fingerprint density at radius 2 is 1.07 bits per heavy atom. The van der Waals surface area contributed by atoms with Crippen molar-refractivity contribution < 1.29 is 4.74 Å². The number of hydrogen-bond donors (Lipinski definition) is 0. The van der Waals surface area contributed by atoms with Crippen LogP contribution in [0.15, 0.2) is 146 Å². The predicted molar refractivity (Wildman–Crippen MR) is 178 cm³/mol. The highest BCUT2D eigenvalue weighted by molar-refractivity contribution is 6.14. The van der Waals surface area contributed by atoms with Gasteiger partial charge in [0.25, 0.3) is 0 Å². The Morgan fingerprint density at radius 1 is 0.395 bits per heavy atom. The van der Waals surface area contributed by atoms with Gasteiger partial charge in [-0.1, -0.05) is 91.0 Å². The lowest BCUT2D eigenvalue weighted by molar-refractivity contribution is 0.476. The van der Waals surface area contributed by atoms with E-state index in [2.05, 4.69) is 143 Å². The fraction of sp³-hybridized carbons (Fsp3) is 0. The minimum absolute atomic E-state index is 0.883. The normalized spacial score (nSPS) is 12.4. The molecule has 7 aromatic carbocycles. The second-order valence-electron chi connectivity index (χ2n) is 11.4. The van der Waals surface area contributed by atoms with E-state index in [0.29, 0.717) is 0 Å². The van der Waals surface area contributed by atoms with Gasteiger partial charge >= 0.3 is 0 Å². The van der Waals surface area contributed by atoms with Crippen LogP contribution in [0.1, 0.15) is 0 Å². The topological polar surface area (TPSA) is 19.1 Å². The van der Waals surface area contributed by atoms with Crippen LogP contribution in [0.2, 0.25) is 0 Å². The molecular weight excluding hydrogens is 524 g/mol. The molecule has 9 aromatic rings. The van der Waals surface area contributed by atoms with E-state index in [4.69, 9.17) is 4.74 Å². The molecule has 200 valence electrons. The van der Waals surface area contributed by atoms with Crippen LogP contribution in [0, 0.1) is 0 Å². The Kier molecular flexibility index (Phi) is 4.45. The van der Waals surface area contributed by atoms with Gasteiger partial charge in [0.2, 0.25) is 0 Å². The number of ether oxygens (including phenoxy) is 1. The molecule has 43 heavy (non-hydrogen) atoms. The van der Waals surface area contributed by atoms with Crippen LogP contribution in [0.25, 0.3) is 76.9 Å². The summed E-state index contributed by atoms with van der Waals surface area (Å²) in [7, 11) is 0. The van der Waals surface area contributed by atoms with Crippen molar-refractivity contribution in [1.82, 2.24) is 9.13 Å². The molecule has 2 aromatic heterocycles. The largest absolute Gasteiger partial charge is 0.453 e. The van der Waals surface area contributed by atoms with Crippen LogP contribution in [-0.2, 0) is 0 Å². The average molecular weight is 549 g/mol. The summed E-state index contributed by atoms with van der Waals surface area (Å²) < 4.78 is 11.1. The SMILES string of the molecule is c1ccc2c(c1)Oc1cccc3c4ccc(-c5ccc(-n6c7ccccc7c7cc8ccccc8cc76)cc5)cc4n-2c13. The first kappa shape index (κ1) is 22.8. The van der Waals surface area contributed by atoms with Crippen LogP contribution < -0.4 is 4.74 Å². The van der Waals surface area contributed by atoms with Gasteiger partial charge < -0.3 is 13.9 Å². The number of hydrogen-bond acceptors (Lipinski definition) is 1. The maximum absolute atomic E-state index is 6.30. The monoisotopic (exact) mass is 548 g/mol. The number of nitrogens with zero attached hydrogens (tertiary/aromatic N) is 2. The number of rotatable bonds is 2. The summed E-state index contributed by atoms with van der Waals surface area (Å²) in [4.78, 5) is 0. The third kappa shape index (κ3) is 3.14. The first-order valence-corrected chi connectivity index (χ1v) is 14.7. The van der Waals surface area contributed by atoms with Crippen molar-refractivity contribution in [2.45, 2.75) is 0 Å². The van der Waals surface area contributed by atoms with Gasteiger partial charge in [-0.2, -0.15) is 0 Å². The van der Waals surface area contributed by atoms with E-state index < -0.39 is 0 Å². The maximum Gasteiger partial charge on any atom is 0.152 e. The van der Waals surface area contributed by atoms with Crippen molar-refractivity contribution >= 4 is 54.4 Å². The van der Waals surface area contributed by atoms with Crippen molar-refractivity contribution in [2.24, 2.45) is 0 Å². The highest BCUT2D eigenvalue weighted by atomic mass is 16.5. The Morgan fingerprint density at radius 3 is 1.98 bits per heavy atom. The zero-order valence-corrected chi connectivity index (χ0v) is 23.2. The van der Waals surface area contributed by atoms with Crippen LogP contribution in [0.3, 0.4) is 0 Å². The number of aromatic nitrogens is 2. The molecule has 0 bridgehead atoms. The fourth-order valence-electron chi connectivity index (χ4n) is 7.13. The predicted octanol–water partition coefficient (Wildman–Crippen LogP) is 10.8. The molecule has 3 nitrogen and oxygen atoms in total. The van der Waals surface area contributed by atoms with Gasteiger partial charge in [0.05, 0.1) is 27.8 Å². The fourth-order valence-corrected chi connectivity index (χ4v) is 7.13. The summed E-state index contributed by atoms with van der Waals surface area (Å²) in [6, 6.07) is 52.4. The molecule has 0 aliphatic carbocycles. The Labute approximate surface area is 247 Å². The molecule has 0 spiro atoms. The minimum Gasteiger partial charge on any atom is -0.453 e. The second kappa shape index (κ2) is 8.37. The molecule has 0 unspecified atom stereocenters. The maximum atomic E-state index is 6.30. The lowest BCUT2D eigenvalue weighted by Crippen LogP contribution is -2.03. The van der Waals surface area contributed by atoms with Crippen LogP contribution in [0.4, 0.5) is 0 Å². The van der Waals surface area contributed by atoms with Crippen LogP contribution in [-0.4, -0.2) is 9.13 Å².